The molecule has 0 aromatic heterocycles. The molecule has 0 fully saturated rings. The quantitative estimate of drug-likeness (QED) is 0.546. The Bertz CT molecular complexity index is 965. The van der Waals surface area contributed by atoms with E-state index in [-0.39, 0.29) is 10.6 Å². The van der Waals surface area contributed by atoms with E-state index in [2.05, 4.69) is 0 Å². The summed E-state index contributed by atoms with van der Waals surface area (Å²) < 4.78 is 10.4. The number of anilines is 1. The van der Waals surface area contributed by atoms with Gasteiger partial charge in [-0.1, -0.05) is 36.7 Å². The first-order chi connectivity index (χ1) is 13.5. The van der Waals surface area contributed by atoms with Crippen molar-refractivity contribution >= 4 is 40.6 Å². The number of esters is 1. The number of para-hydroxylation sites is 1. The van der Waals surface area contributed by atoms with Crippen molar-refractivity contribution in [3.05, 3.63) is 64.7 Å². The number of imide groups is 1. The minimum Gasteiger partial charge on any atom is -0.496 e. The number of rotatable bonds is 6. The molecule has 0 radical (unpaired) electrons. The van der Waals surface area contributed by atoms with Gasteiger partial charge in [0.2, 0.25) is 0 Å². The molecule has 1 heterocycles. The zero-order chi connectivity index (χ0) is 20.3. The number of carbonyl (C=O) groups excluding carboxylic acids is 3. The van der Waals surface area contributed by atoms with Crippen LogP contribution in [-0.2, 0) is 14.3 Å². The van der Waals surface area contributed by atoms with Crippen LogP contribution in [0.3, 0.4) is 0 Å². The monoisotopic (exact) mass is 399 g/mol. The lowest BCUT2D eigenvalue weighted by Crippen LogP contribution is -2.31. The summed E-state index contributed by atoms with van der Waals surface area (Å²) >= 11 is 6.21. The van der Waals surface area contributed by atoms with Crippen LogP contribution in [0, 0.1) is 0 Å². The van der Waals surface area contributed by atoms with Crippen molar-refractivity contribution in [2.75, 3.05) is 18.6 Å². The van der Waals surface area contributed by atoms with Gasteiger partial charge in [-0.25, -0.2) is 9.69 Å². The molecule has 2 aromatic carbocycles. The smallest absolute Gasteiger partial charge is 0.338 e. The third-order valence-corrected chi connectivity index (χ3v) is 4.55. The van der Waals surface area contributed by atoms with Gasteiger partial charge in [0.15, 0.2) is 0 Å². The van der Waals surface area contributed by atoms with Gasteiger partial charge in [-0.2, -0.15) is 0 Å². The van der Waals surface area contributed by atoms with E-state index in [1.807, 2.05) is 6.92 Å². The second-order valence-electron chi connectivity index (χ2n) is 6.02. The Morgan fingerprint density at radius 2 is 1.71 bits per heavy atom. The lowest BCUT2D eigenvalue weighted by Gasteiger charge is -2.16. The van der Waals surface area contributed by atoms with Crippen LogP contribution in [0.25, 0.3) is 5.57 Å². The highest BCUT2D eigenvalue weighted by molar-refractivity contribution is 6.60. The second-order valence-corrected chi connectivity index (χ2v) is 6.40. The normalized spacial score (nSPS) is 13.9. The summed E-state index contributed by atoms with van der Waals surface area (Å²) in [6.07, 6.45) is 0.719. The molecule has 2 amide bonds. The molecule has 0 aliphatic carbocycles. The minimum absolute atomic E-state index is 0.0792. The van der Waals surface area contributed by atoms with Crippen molar-refractivity contribution in [2.24, 2.45) is 0 Å². The van der Waals surface area contributed by atoms with Gasteiger partial charge in [-0.15, -0.1) is 0 Å². The van der Waals surface area contributed by atoms with E-state index in [1.165, 1.54) is 31.4 Å². The van der Waals surface area contributed by atoms with Crippen molar-refractivity contribution < 1.29 is 23.9 Å². The summed E-state index contributed by atoms with van der Waals surface area (Å²) in [5.41, 5.74) is 1.16. The van der Waals surface area contributed by atoms with E-state index in [0.717, 1.165) is 11.3 Å². The number of amides is 2. The lowest BCUT2D eigenvalue weighted by molar-refractivity contribution is -0.119. The van der Waals surface area contributed by atoms with E-state index >= 15 is 0 Å². The standard InChI is InChI=1S/C21H18ClNO5/c1-3-12-28-21(26)13-8-10-14(11-9-13)23-19(24)17(18(22)20(23)25)15-6-4-5-7-16(15)27-2/h4-11H,3,12H2,1-2H3. The average molecular weight is 400 g/mol. The van der Waals surface area contributed by atoms with Crippen LogP contribution in [0.4, 0.5) is 5.69 Å². The number of carbonyl (C=O) groups is 3. The highest BCUT2D eigenvalue weighted by Gasteiger charge is 2.40. The van der Waals surface area contributed by atoms with Crippen LogP contribution in [0.15, 0.2) is 53.6 Å². The topological polar surface area (TPSA) is 72.9 Å². The third kappa shape index (κ3) is 3.51. The van der Waals surface area contributed by atoms with Gasteiger partial charge in [0.25, 0.3) is 11.8 Å². The Hall–Kier alpha value is -3.12. The Balaban J connectivity index is 1.90. The number of hydrogen-bond acceptors (Lipinski definition) is 5. The molecule has 0 bridgehead atoms. The lowest BCUT2D eigenvalue weighted by atomic mass is 10.0. The number of methoxy groups -OCH3 is 1. The number of benzene rings is 2. The maximum Gasteiger partial charge on any atom is 0.338 e. The summed E-state index contributed by atoms with van der Waals surface area (Å²) in [5, 5.41) is -0.180. The number of nitrogens with zero attached hydrogens (tertiary/aromatic N) is 1. The molecule has 1 aliphatic rings. The fourth-order valence-corrected chi connectivity index (χ4v) is 3.11. The van der Waals surface area contributed by atoms with Crippen LogP contribution in [0.2, 0.25) is 0 Å². The molecule has 0 spiro atoms. The van der Waals surface area contributed by atoms with Crippen molar-refractivity contribution in [3.8, 4) is 5.75 Å². The van der Waals surface area contributed by atoms with E-state index in [1.54, 1.807) is 24.3 Å². The van der Waals surface area contributed by atoms with Crippen LogP contribution in [0.1, 0.15) is 29.3 Å². The Labute approximate surface area is 167 Å². The molecule has 0 atom stereocenters. The molecule has 1 aliphatic heterocycles. The first-order valence-electron chi connectivity index (χ1n) is 8.68. The summed E-state index contributed by atoms with van der Waals surface area (Å²) in [4.78, 5) is 38.5. The van der Waals surface area contributed by atoms with Gasteiger partial charge in [-0.3, -0.25) is 9.59 Å². The van der Waals surface area contributed by atoms with E-state index in [0.29, 0.717) is 29.2 Å². The molecule has 28 heavy (non-hydrogen) atoms. The summed E-state index contributed by atoms with van der Waals surface area (Å²) in [6, 6.07) is 12.9. The fourth-order valence-electron chi connectivity index (χ4n) is 2.85. The van der Waals surface area contributed by atoms with E-state index in [9.17, 15) is 14.4 Å². The molecule has 0 saturated heterocycles. The SMILES string of the molecule is CCCOC(=O)c1ccc(N2C(=O)C(Cl)=C(c3ccccc3OC)C2=O)cc1. The summed E-state index contributed by atoms with van der Waals surface area (Å²) in [6.45, 7) is 2.22. The van der Waals surface area contributed by atoms with Gasteiger partial charge in [0.1, 0.15) is 10.8 Å². The first kappa shape index (κ1) is 19.6. The molecular weight excluding hydrogens is 382 g/mol. The molecule has 0 N–H and O–H groups in total. The van der Waals surface area contributed by atoms with Crippen LogP contribution in [0.5, 0.6) is 5.75 Å². The number of ether oxygens (including phenoxy) is 2. The summed E-state index contributed by atoms with van der Waals surface area (Å²) in [7, 11) is 1.47. The van der Waals surface area contributed by atoms with E-state index < -0.39 is 17.8 Å². The summed E-state index contributed by atoms with van der Waals surface area (Å²) in [5.74, 6) is -1.21. The molecule has 6 nitrogen and oxygen atoms in total. The Kier molecular flexibility index (Phi) is 5.80. The fraction of sp³-hybridized carbons (Fsp3) is 0.190. The average Bonchev–Trinajstić information content (AvgIpc) is 2.94. The third-order valence-electron chi connectivity index (χ3n) is 4.20. The molecule has 144 valence electrons. The number of halogens is 1. The van der Waals surface area contributed by atoms with Gasteiger partial charge in [-0.05, 0) is 36.8 Å². The van der Waals surface area contributed by atoms with Crippen molar-refractivity contribution in [2.45, 2.75) is 13.3 Å². The maximum absolute atomic E-state index is 13.0. The van der Waals surface area contributed by atoms with Crippen LogP contribution < -0.4 is 9.64 Å². The number of hydrogen-bond donors (Lipinski definition) is 0. The zero-order valence-electron chi connectivity index (χ0n) is 15.4. The molecular formula is C21H18ClNO5. The van der Waals surface area contributed by atoms with Crippen LogP contribution >= 0.6 is 11.6 Å². The predicted molar refractivity (Wildman–Crippen MR) is 105 cm³/mol. The minimum atomic E-state index is -0.631. The molecule has 2 aromatic rings. The van der Waals surface area contributed by atoms with E-state index in [4.69, 9.17) is 21.1 Å². The van der Waals surface area contributed by atoms with Crippen molar-refractivity contribution in [1.82, 2.24) is 0 Å². The van der Waals surface area contributed by atoms with Gasteiger partial charge < -0.3 is 9.47 Å². The molecule has 0 unspecified atom stereocenters. The zero-order valence-corrected chi connectivity index (χ0v) is 16.2. The second kappa shape index (κ2) is 8.27. The molecule has 3 rings (SSSR count). The predicted octanol–water partition coefficient (Wildman–Crippen LogP) is 3.79. The van der Waals surface area contributed by atoms with Gasteiger partial charge in [0.05, 0.1) is 30.5 Å². The van der Waals surface area contributed by atoms with Crippen molar-refractivity contribution in [1.29, 1.82) is 0 Å². The Morgan fingerprint density at radius 3 is 2.36 bits per heavy atom. The van der Waals surface area contributed by atoms with Crippen LogP contribution in [-0.4, -0.2) is 31.5 Å². The highest BCUT2D eigenvalue weighted by Crippen LogP contribution is 2.38. The van der Waals surface area contributed by atoms with Crippen molar-refractivity contribution in [3.63, 3.8) is 0 Å². The first-order valence-corrected chi connectivity index (χ1v) is 9.06. The molecule has 0 saturated carbocycles. The van der Waals surface area contributed by atoms with Gasteiger partial charge in [0, 0.05) is 5.56 Å². The highest BCUT2D eigenvalue weighted by atomic mass is 35.5. The molecule has 7 heteroatoms. The Morgan fingerprint density at radius 1 is 1.04 bits per heavy atom. The maximum atomic E-state index is 13.0. The van der Waals surface area contributed by atoms with Gasteiger partial charge >= 0.3 is 5.97 Å². The largest absolute Gasteiger partial charge is 0.496 e.